The lowest BCUT2D eigenvalue weighted by Crippen LogP contribution is -2.36. The third kappa shape index (κ3) is 3.98. The maximum absolute atomic E-state index is 12.3. The van der Waals surface area contributed by atoms with Crippen molar-refractivity contribution in [2.75, 3.05) is 18.4 Å². The molecule has 0 aliphatic carbocycles. The van der Waals surface area contributed by atoms with Crippen molar-refractivity contribution in [3.05, 3.63) is 23.4 Å². The zero-order valence-electron chi connectivity index (χ0n) is 13.8. The maximum Gasteiger partial charge on any atom is 0.323 e. The van der Waals surface area contributed by atoms with Crippen LogP contribution in [-0.2, 0) is 22.4 Å². The summed E-state index contributed by atoms with van der Waals surface area (Å²) in [4.78, 5) is 29.3. The average Bonchev–Trinajstić information content (AvgIpc) is 2.80. The number of hydrogen-bond donors (Lipinski definition) is 2. The van der Waals surface area contributed by atoms with Gasteiger partial charge in [0.15, 0.2) is 0 Å². The van der Waals surface area contributed by atoms with Crippen molar-refractivity contribution in [3.8, 4) is 0 Å². The maximum atomic E-state index is 12.3. The van der Waals surface area contributed by atoms with E-state index in [4.69, 9.17) is 5.11 Å². The predicted octanol–water partition coefficient (Wildman–Crippen LogP) is 2.12. The predicted molar refractivity (Wildman–Crippen MR) is 93.5 cm³/mol. The first-order valence-corrected chi connectivity index (χ1v) is 8.29. The van der Waals surface area contributed by atoms with Crippen LogP contribution in [0.25, 0.3) is 0 Å². The minimum absolute atomic E-state index is 0. The number of rotatable bonds is 5. The number of anilines is 1. The molecule has 1 fully saturated rings. The van der Waals surface area contributed by atoms with E-state index in [9.17, 15) is 9.59 Å². The fraction of sp³-hybridized carbons (Fsp3) is 0.588. The van der Waals surface area contributed by atoms with Gasteiger partial charge in [-0.1, -0.05) is 6.07 Å². The highest BCUT2D eigenvalue weighted by Gasteiger charge is 2.37. The molecule has 2 N–H and O–H groups in total. The molecule has 2 aliphatic rings. The second-order valence-electron chi connectivity index (χ2n) is 6.52. The Bertz CT molecular complexity index is 623. The minimum Gasteiger partial charge on any atom is -0.480 e. The average molecular weight is 354 g/mol. The number of nitrogens with zero attached hydrogens (tertiary/aromatic N) is 2. The van der Waals surface area contributed by atoms with Crippen LogP contribution < -0.4 is 5.32 Å². The number of aromatic nitrogens is 1. The lowest BCUT2D eigenvalue weighted by atomic mass is 9.98. The first-order valence-electron chi connectivity index (χ1n) is 8.29. The summed E-state index contributed by atoms with van der Waals surface area (Å²) in [5, 5.41) is 12.2. The summed E-state index contributed by atoms with van der Waals surface area (Å²) in [6.07, 6.45) is 4.42. The van der Waals surface area contributed by atoms with Crippen LogP contribution in [-0.4, -0.2) is 46.0 Å². The lowest BCUT2D eigenvalue weighted by molar-refractivity contribution is -0.144. The number of pyridine rings is 1. The molecular weight excluding hydrogens is 330 g/mol. The molecule has 0 bridgehead atoms. The van der Waals surface area contributed by atoms with Crippen molar-refractivity contribution < 1.29 is 14.7 Å². The molecule has 7 heteroatoms. The van der Waals surface area contributed by atoms with Gasteiger partial charge in [0.05, 0.1) is 0 Å². The zero-order chi connectivity index (χ0) is 16.4. The van der Waals surface area contributed by atoms with Crippen LogP contribution in [0.15, 0.2) is 12.1 Å². The van der Waals surface area contributed by atoms with Gasteiger partial charge in [0.2, 0.25) is 5.91 Å². The van der Waals surface area contributed by atoms with Crippen LogP contribution in [0.5, 0.6) is 0 Å². The van der Waals surface area contributed by atoms with Gasteiger partial charge in [-0.05, 0) is 50.7 Å². The van der Waals surface area contributed by atoms with Crippen LogP contribution >= 0.6 is 12.4 Å². The topological polar surface area (TPSA) is 82.5 Å². The van der Waals surface area contributed by atoms with Gasteiger partial charge in [0, 0.05) is 24.2 Å². The van der Waals surface area contributed by atoms with E-state index < -0.39 is 5.97 Å². The fourth-order valence-electron chi connectivity index (χ4n) is 3.54. The molecule has 132 valence electrons. The molecule has 1 aromatic rings. The Morgan fingerprint density at radius 3 is 3.00 bits per heavy atom. The molecule has 24 heavy (non-hydrogen) atoms. The molecule has 1 amide bonds. The number of carboxylic acids is 1. The van der Waals surface area contributed by atoms with Gasteiger partial charge in [-0.2, -0.15) is 0 Å². The summed E-state index contributed by atoms with van der Waals surface area (Å²) in [5.74, 6) is -0.0909. The van der Waals surface area contributed by atoms with E-state index in [2.05, 4.69) is 16.4 Å². The molecule has 2 aliphatic heterocycles. The van der Waals surface area contributed by atoms with Crippen molar-refractivity contribution >= 4 is 30.1 Å². The quantitative estimate of drug-likeness (QED) is 0.847. The number of aryl methyl sites for hydroxylation is 2. The zero-order valence-corrected chi connectivity index (χ0v) is 14.6. The van der Waals surface area contributed by atoms with Gasteiger partial charge in [-0.25, -0.2) is 4.98 Å². The number of halogens is 1. The second-order valence-corrected chi connectivity index (χ2v) is 6.52. The van der Waals surface area contributed by atoms with E-state index in [-0.39, 0.29) is 36.8 Å². The van der Waals surface area contributed by atoms with E-state index in [0.717, 1.165) is 50.2 Å². The number of hydrogen-bond acceptors (Lipinski definition) is 4. The fourth-order valence-corrected chi connectivity index (χ4v) is 3.54. The van der Waals surface area contributed by atoms with Crippen molar-refractivity contribution in [1.82, 2.24) is 9.88 Å². The lowest BCUT2D eigenvalue weighted by Gasteiger charge is -2.19. The monoisotopic (exact) mass is 353 g/mol. The van der Waals surface area contributed by atoms with Crippen LogP contribution in [0.1, 0.15) is 37.4 Å². The number of fused-ring (bicyclic) bond motifs is 1. The molecule has 6 nitrogen and oxygen atoms in total. The first-order chi connectivity index (χ1) is 11.0. The van der Waals surface area contributed by atoms with E-state index >= 15 is 0 Å². The van der Waals surface area contributed by atoms with Gasteiger partial charge in [0.1, 0.15) is 12.4 Å². The largest absolute Gasteiger partial charge is 0.480 e. The van der Waals surface area contributed by atoms with Gasteiger partial charge in [-0.3, -0.25) is 9.59 Å². The summed E-state index contributed by atoms with van der Waals surface area (Å²) in [7, 11) is 0. The summed E-state index contributed by atoms with van der Waals surface area (Å²) in [6, 6.07) is 4.17. The van der Waals surface area contributed by atoms with E-state index in [0.29, 0.717) is 0 Å². The Balaban J connectivity index is 0.00000208. The molecule has 2 atom stereocenters. The van der Waals surface area contributed by atoms with Crippen LogP contribution in [0.3, 0.4) is 0 Å². The summed E-state index contributed by atoms with van der Waals surface area (Å²) >= 11 is 0. The van der Waals surface area contributed by atoms with Crippen molar-refractivity contribution in [1.29, 1.82) is 0 Å². The van der Waals surface area contributed by atoms with E-state index in [1.54, 1.807) is 0 Å². The Kier molecular flexibility index (Phi) is 6.04. The molecule has 2 unspecified atom stereocenters. The van der Waals surface area contributed by atoms with Crippen molar-refractivity contribution in [2.24, 2.45) is 5.92 Å². The van der Waals surface area contributed by atoms with Gasteiger partial charge < -0.3 is 15.3 Å². The van der Waals surface area contributed by atoms with E-state index in [1.165, 1.54) is 10.5 Å². The van der Waals surface area contributed by atoms with Crippen molar-refractivity contribution in [2.45, 2.75) is 45.1 Å². The van der Waals surface area contributed by atoms with Crippen LogP contribution in [0, 0.1) is 5.92 Å². The third-order valence-electron chi connectivity index (χ3n) is 4.80. The van der Waals surface area contributed by atoms with Gasteiger partial charge in [0.25, 0.3) is 0 Å². The number of carboxylic acid groups (broad SMARTS) is 1. The number of aliphatic carboxylic acids is 1. The van der Waals surface area contributed by atoms with E-state index in [1.807, 2.05) is 13.0 Å². The normalized spacial score (nSPS) is 22.5. The minimum atomic E-state index is -0.951. The molecule has 3 rings (SSSR count). The van der Waals surface area contributed by atoms with Gasteiger partial charge in [-0.15, -0.1) is 12.4 Å². The highest BCUT2D eigenvalue weighted by Crippen LogP contribution is 2.28. The third-order valence-corrected chi connectivity index (χ3v) is 4.80. The van der Waals surface area contributed by atoms with Crippen LogP contribution in [0.4, 0.5) is 5.82 Å². The molecule has 0 saturated carbocycles. The molecule has 0 spiro atoms. The molecule has 0 radical (unpaired) electrons. The summed E-state index contributed by atoms with van der Waals surface area (Å²) < 4.78 is 0. The Hall–Kier alpha value is -1.82. The van der Waals surface area contributed by atoms with Crippen LogP contribution in [0.2, 0.25) is 0 Å². The SMILES string of the molecule is CC1CC(CCc2ccc3c(n2)NCCC3)C(=O)N1CC(=O)O.Cl. The van der Waals surface area contributed by atoms with Gasteiger partial charge >= 0.3 is 5.97 Å². The molecular formula is C17H24ClN3O3. The number of carbonyl (C=O) groups is 2. The molecule has 1 saturated heterocycles. The number of carbonyl (C=O) groups excluding carboxylic acids is 1. The Labute approximate surface area is 148 Å². The first kappa shape index (κ1) is 18.5. The summed E-state index contributed by atoms with van der Waals surface area (Å²) in [5.41, 5.74) is 2.26. The number of likely N-dealkylation sites (tertiary alicyclic amines) is 1. The standard InChI is InChI=1S/C17H23N3O3.ClH/c1-11-9-13(17(23)20(11)10-15(21)22)5-7-14-6-4-12-3-2-8-18-16(12)19-14;/h4,6,11,13H,2-3,5,7-10H2,1H3,(H,18,19)(H,21,22);1H. The van der Waals surface area contributed by atoms with Crippen molar-refractivity contribution in [3.63, 3.8) is 0 Å². The Morgan fingerprint density at radius 1 is 1.46 bits per heavy atom. The highest BCUT2D eigenvalue weighted by atomic mass is 35.5. The second kappa shape index (κ2) is 7.83. The molecule has 3 heterocycles. The number of amides is 1. The smallest absolute Gasteiger partial charge is 0.323 e. The molecule has 0 aromatic carbocycles. The number of nitrogens with one attached hydrogen (secondary N) is 1. The summed E-state index contributed by atoms with van der Waals surface area (Å²) in [6.45, 7) is 2.69. The highest BCUT2D eigenvalue weighted by molar-refractivity contribution is 5.85. The molecule has 1 aromatic heterocycles. The Morgan fingerprint density at radius 2 is 2.25 bits per heavy atom.